The minimum Gasteiger partial charge on any atom is -0.431 e. The Morgan fingerprint density at radius 3 is 1.68 bits per heavy atom. The molecular formula is C42H58N4O4. The van der Waals surface area contributed by atoms with Gasteiger partial charge in [0.05, 0.1) is 13.2 Å². The molecule has 50 heavy (non-hydrogen) atoms. The molecular weight excluding hydrogens is 624 g/mol. The number of aryl methyl sites for hydroxylation is 2. The summed E-state index contributed by atoms with van der Waals surface area (Å²) in [6.45, 7) is 19.7. The number of benzene rings is 3. The average Bonchev–Trinajstić information content (AvgIpc) is 3.11. The average molecular weight is 683 g/mol. The molecule has 0 spiro atoms. The van der Waals surface area contributed by atoms with Crippen LogP contribution in [0.25, 0.3) is 0 Å². The van der Waals surface area contributed by atoms with E-state index in [9.17, 15) is 4.79 Å². The van der Waals surface area contributed by atoms with Crippen LogP contribution in [-0.4, -0.2) is 25.8 Å². The molecule has 0 bridgehead atoms. The predicted molar refractivity (Wildman–Crippen MR) is 202 cm³/mol. The molecule has 1 aliphatic carbocycles. The molecule has 2 atom stereocenters. The first-order chi connectivity index (χ1) is 23.9. The first-order valence-corrected chi connectivity index (χ1v) is 17.1. The van der Waals surface area contributed by atoms with Gasteiger partial charge in [-0.05, 0) is 80.0 Å². The zero-order valence-electron chi connectivity index (χ0n) is 32.0. The second-order valence-electron chi connectivity index (χ2n) is 12.7. The van der Waals surface area contributed by atoms with E-state index in [1.54, 1.807) is 18.6 Å². The van der Waals surface area contributed by atoms with Gasteiger partial charge >= 0.3 is 0 Å². The molecule has 1 saturated carbocycles. The molecule has 1 aliphatic rings. The lowest BCUT2D eigenvalue weighted by molar-refractivity contribution is 0.0809. The van der Waals surface area contributed by atoms with Crippen molar-refractivity contribution in [3.05, 3.63) is 101 Å². The van der Waals surface area contributed by atoms with Gasteiger partial charge in [-0.3, -0.25) is 0 Å². The highest BCUT2D eigenvalue weighted by molar-refractivity contribution is 5.34. The summed E-state index contributed by atoms with van der Waals surface area (Å²) in [5.74, 6) is 0.583. The van der Waals surface area contributed by atoms with E-state index in [0.29, 0.717) is 23.2 Å². The number of rotatable bonds is 7. The third-order valence-electron chi connectivity index (χ3n) is 7.53. The van der Waals surface area contributed by atoms with Crippen molar-refractivity contribution >= 4 is 6.08 Å². The van der Waals surface area contributed by atoms with Crippen molar-refractivity contribution in [1.82, 2.24) is 0 Å². The lowest BCUT2D eigenvalue weighted by atomic mass is 9.62. The van der Waals surface area contributed by atoms with Crippen LogP contribution in [0.2, 0.25) is 0 Å². The van der Waals surface area contributed by atoms with Crippen LogP contribution in [0, 0.1) is 59.2 Å². The monoisotopic (exact) mass is 682 g/mol. The Bertz CT molecular complexity index is 1450. The summed E-state index contributed by atoms with van der Waals surface area (Å²) >= 11 is 0. The number of ether oxygens (including phenoxy) is 3. The fraction of sp³-hybridized carbons (Fsp3) is 0.476. The van der Waals surface area contributed by atoms with Gasteiger partial charge in [-0.15, -0.1) is 5.26 Å². The third-order valence-corrected chi connectivity index (χ3v) is 7.53. The highest BCUT2D eigenvalue weighted by Crippen LogP contribution is 2.48. The summed E-state index contributed by atoms with van der Waals surface area (Å²) in [4.78, 5) is 14.2. The molecule has 0 amide bonds. The van der Waals surface area contributed by atoms with E-state index in [2.05, 4.69) is 92.4 Å². The zero-order valence-corrected chi connectivity index (χ0v) is 32.0. The summed E-state index contributed by atoms with van der Waals surface area (Å²) < 4.78 is 12.9. The van der Waals surface area contributed by atoms with Crippen LogP contribution in [0.4, 0.5) is 0 Å². The SMILES string of the molecule is CC.CCC1(C)CC(N=C=O)CC(C)(C)C1.CCCOC#N.COC#N.Cc1ccc(Cc2ccc(OC#N)cc2)cc1.Cc1ccccc1. The summed E-state index contributed by atoms with van der Waals surface area (Å²) in [6, 6.07) is 26.5. The maximum atomic E-state index is 10.3. The Kier molecular flexibility index (Phi) is 27.2. The predicted octanol–water partition coefficient (Wildman–Crippen LogP) is 10.8. The number of hydrogen-bond acceptors (Lipinski definition) is 8. The molecule has 8 nitrogen and oxygen atoms in total. The number of isocyanates is 1. The molecule has 0 aliphatic heterocycles. The lowest BCUT2D eigenvalue weighted by Crippen LogP contribution is -2.37. The normalized spacial score (nSPS) is 15.9. The van der Waals surface area contributed by atoms with Crippen molar-refractivity contribution in [3.63, 3.8) is 0 Å². The van der Waals surface area contributed by atoms with Gasteiger partial charge in [0.25, 0.3) is 18.8 Å². The van der Waals surface area contributed by atoms with Crippen LogP contribution in [-0.2, 0) is 20.7 Å². The molecule has 0 heterocycles. The van der Waals surface area contributed by atoms with Crippen molar-refractivity contribution in [2.45, 2.75) is 107 Å². The molecule has 0 N–H and O–H groups in total. The van der Waals surface area contributed by atoms with Gasteiger partial charge in [-0.1, -0.05) is 133 Å². The fourth-order valence-electron chi connectivity index (χ4n) is 5.37. The topological polar surface area (TPSA) is 128 Å². The van der Waals surface area contributed by atoms with E-state index in [1.165, 1.54) is 48.5 Å². The highest BCUT2D eigenvalue weighted by atomic mass is 16.5. The number of nitriles is 3. The van der Waals surface area contributed by atoms with E-state index in [1.807, 2.05) is 63.2 Å². The minimum atomic E-state index is 0.196. The Labute approximate surface area is 302 Å². The van der Waals surface area contributed by atoms with Crippen molar-refractivity contribution in [1.29, 1.82) is 15.8 Å². The molecule has 270 valence electrons. The van der Waals surface area contributed by atoms with E-state index in [4.69, 9.17) is 20.5 Å². The van der Waals surface area contributed by atoms with Crippen molar-refractivity contribution < 1.29 is 19.0 Å². The standard InChI is InChI=1S/C15H13NO.C12H21NO.C7H8.C4H7NO.C2H3NO.C2H6/c1-12-2-4-13(5-3-12)10-14-6-8-15(9-7-14)17-11-16;1-5-12(4)7-10(13-9-14)6-11(2,3)8-12;1-7-5-3-2-4-6-7;1-2-3-6-4-5;1-4-2-3;1-2/h2-9H,10H2,1H3;10H,5-8H2,1-4H3;2-6H,1H3;2-3H2,1H3;1H3;1-2H3. The van der Waals surface area contributed by atoms with Gasteiger partial charge in [0.15, 0.2) is 0 Å². The molecule has 2 unspecified atom stereocenters. The van der Waals surface area contributed by atoms with E-state index in [-0.39, 0.29) is 6.04 Å². The summed E-state index contributed by atoms with van der Waals surface area (Å²) in [7, 11) is 1.32. The van der Waals surface area contributed by atoms with Gasteiger partial charge < -0.3 is 14.2 Å². The number of aliphatic imine (C=N–C) groups is 1. The number of methoxy groups -OCH3 is 1. The molecule has 0 radical (unpaired) electrons. The van der Waals surface area contributed by atoms with Crippen molar-refractivity contribution in [2.75, 3.05) is 13.7 Å². The summed E-state index contributed by atoms with van der Waals surface area (Å²) in [5.41, 5.74) is 5.75. The van der Waals surface area contributed by atoms with Gasteiger partial charge in [-0.2, -0.15) is 10.5 Å². The highest BCUT2D eigenvalue weighted by Gasteiger charge is 2.40. The maximum absolute atomic E-state index is 10.3. The Hall–Kier alpha value is -5.09. The van der Waals surface area contributed by atoms with Crippen LogP contribution >= 0.6 is 0 Å². The largest absolute Gasteiger partial charge is 0.431 e. The first kappa shape index (κ1) is 47.0. The third kappa shape index (κ3) is 24.1. The molecule has 8 heteroatoms. The van der Waals surface area contributed by atoms with E-state index >= 15 is 0 Å². The molecule has 4 rings (SSSR count). The molecule has 3 aromatic rings. The number of nitrogens with zero attached hydrogens (tertiary/aromatic N) is 4. The van der Waals surface area contributed by atoms with Gasteiger partial charge in [0.1, 0.15) is 12.4 Å². The van der Waals surface area contributed by atoms with E-state index in [0.717, 1.165) is 25.7 Å². The summed E-state index contributed by atoms with van der Waals surface area (Å²) in [6.07, 6.45) is 12.7. The van der Waals surface area contributed by atoms with Crippen LogP contribution in [0.1, 0.15) is 103 Å². The van der Waals surface area contributed by atoms with Crippen LogP contribution < -0.4 is 4.74 Å². The van der Waals surface area contributed by atoms with Crippen molar-refractivity contribution in [3.8, 4) is 24.5 Å². The molecule has 0 aromatic heterocycles. The van der Waals surface area contributed by atoms with Crippen molar-refractivity contribution in [2.24, 2.45) is 15.8 Å². The quantitative estimate of drug-likeness (QED) is 0.105. The minimum absolute atomic E-state index is 0.196. The van der Waals surface area contributed by atoms with Crippen LogP contribution in [0.15, 0.2) is 83.9 Å². The van der Waals surface area contributed by atoms with Crippen LogP contribution in [0.3, 0.4) is 0 Å². The Morgan fingerprint density at radius 1 is 0.780 bits per heavy atom. The maximum Gasteiger partial charge on any atom is 0.292 e. The molecule has 1 fully saturated rings. The molecule has 0 saturated heterocycles. The smallest absolute Gasteiger partial charge is 0.292 e. The van der Waals surface area contributed by atoms with E-state index < -0.39 is 0 Å². The fourth-order valence-corrected chi connectivity index (χ4v) is 5.37. The Morgan fingerprint density at radius 2 is 1.30 bits per heavy atom. The number of carbonyl (C=O) groups excluding carboxylic acids is 1. The first-order valence-electron chi connectivity index (χ1n) is 17.1. The summed E-state index contributed by atoms with van der Waals surface area (Å²) in [5, 5.41) is 23.5. The van der Waals surface area contributed by atoms with Gasteiger partial charge in [0, 0.05) is 0 Å². The second kappa shape index (κ2) is 28.9. The van der Waals surface area contributed by atoms with Gasteiger partial charge in [0.2, 0.25) is 6.08 Å². The Balaban J connectivity index is 0. The lowest BCUT2D eigenvalue weighted by Gasteiger charge is -2.44. The second-order valence-corrected chi connectivity index (χ2v) is 12.7. The van der Waals surface area contributed by atoms with Gasteiger partial charge in [-0.25, -0.2) is 9.79 Å². The zero-order chi connectivity index (χ0) is 38.3. The number of hydrogen-bond donors (Lipinski definition) is 0. The molecule has 3 aromatic carbocycles. The van der Waals surface area contributed by atoms with Crippen LogP contribution in [0.5, 0.6) is 5.75 Å².